The topological polar surface area (TPSA) is 48.2 Å². The fourth-order valence-electron chi connectivity index (χ4n) is 0.821. The summed E-state index contributed by atoms with van der Waals surface area (Å²) in [4.78, 5) is 4.37. The van der Waals surface area contributed by atoms with Gasteiger partial charge in [0.15, 0.2) is 11.4 Å². The highest BCUT2D eigenvalue weighted by Gasteiger charge is 2.02. The monoisotopic (exact) mass is 185 g/mol. The number of rotatable bonds is 3. The van der Waals surface area contributed by atoms with Crippen molar-refractivity contribution in [3.63, 3.8) is 0 Å². The number of nitriles is 1. The van der Waals surface area contributed by atoms with Crippen molar-refractivity contribution in [1.29, 1.82) is 5.26 Å². The lowest BCUT2D eigenvalue weighted by Gasteiger charge is -2.07. The van der Waals surface area contributed by atoms with Crippen LogP contribution in [-0.4, -0.2) is 17.5 Å². The molecule has 4 heteroatoms. The van der Waals surface area contributed by atoms with E-state index in [1.54, 1.807) is 0 Å². The molecule has 0 saturated carbocycles. The number of aliphatic imine (C=N–C) groups is 1. The summed E-state index contributed by atoms with van der Waals surface area (Å²) in [6, 6.07) is 0.341. The van der Waals surface area contributed by atoms with Gasteiger partial charge in [0, 0.05) is 0 Å². The Labute approximate surface area is 78.3 Å². The molecule has 0 atom stereocenters. The summed E-state index contributed by atoms with van der Waals surface area (Å²) in [5.41, 5.74) is 0. The third-order valence-electron chi connectivity index (χ3n) is 1.60. The Morgan fingerprint density at radius 2 is 2.17 bits per heavy atom. The van der Waals surface area contributed by atoms with Crippen molar-refractivity contribution in [2.45, 2.75) is 32.7 Å². The highest BCUT2D eigenvalue weighted by Crippen LogP contribution is 2.05. The van der Waals surface area contributed by atoms with Gasteiger partial charge in [-0.2, -0.15) is 5.26 Å². The molecule has 0 saturated heterocycles. The van der Waals surface area contributed by atoms with E-state index in [1.807, 2.05) is 12.4 Å². The lowest BCUT2D eigenvalue weighted by atomic mass is 10.2. The molecular formula is C8H15N3S. The predicted octanol–water partition coefficient (Wildman–Crippen LogP) is 1.96. The molecule has 0 unspecified atom stereocenters. The standard InChI is InChI=1S/C8H15N3S/c1-4-7(5-2)11-8(12-3)10-6-9/h7H,4-5H2,1-3H3,(H,10,11). The van der Waals surface area contributed by atoms with E-state index in [2.05, 4.69) is 24.2 Å². The molecule has 0 heterocycles. The zero-order valence-corrected chi connectivity index (χ0v) is 8.61. The molecule has 0 aromatic carbocycles. The predicted molar refractivity (Wildman–Crippen MR) is 54.1 cm³/mol. The van der Waals surface area contributed by atoms with Crippen LogP contribution in [0.5, 0.6) is 0 Å². The fourth-order valence-corrected chi connectivity index (χ4v) is 1.22. The van der Waals surface area contributed by atoms with Gasteiger partial charge in [0.2, 0.25) is 0 Å². The van der Waals surface area contributed by atoms with Crippen LogP contribution in [0.15, 0.2) is 4.99 Å². The highest BCUT2D eigenvalue weighted by molar-refractivity contribution is 8.13. The van der Waals surface area contributed by atoms with Gasteiger partial charge in [-0.1, -0.05) is 25.6 Å². The molecule has 0 radical (unpaired) electrons. The summed E-state index contributed by atoms with van der Waals surface area (Å²) in [6.45, 7) is 4.20. The lowest BCUT2D eigenvalue weighted by Crippen LogP contribution is -2.16. The van der Waals surface area contributed by atoms with Crippen molar-refractivity contribution >= 4 is 16.9 Å². The van der Waals surface area contributed by atoms with Crippen molar-refractivity contribution in [1.82, 2.24) is 5.32 Å². The van der Waals surface area contributed by atoms with E-state index in [4.69, 9.17) is 5.26 Å². The molecule has 0 aromatic rings. The van der Waals surface area contributed by atoms with Gasteiger partial charge in [-0.3, -0.25) is 10.3 Å². The van der Waals surface area contributed by atoms with Crippen molar-refractivity contribution in [2.75, 3.05) is 6.26 Å². The Kier molecular flexibility index (Phi) is 6.58. The average Bonchev–Trinajstić information content (AvgIpc) is 2.12. The molecule has 0 aliphatic heterocycles. The van der Waals surface area contributed by atoms with Crippen LogP contribution >= 0.6 is 11.8 Å². The Balaban J connectivity index is 4.15. The van der Waals surface area contributed by atoms with Crippen LogP contribution in [0.2, 0.25) is 0 Å². The van der Waals surface area contributed by atoms with Crippen molar-refractivity contribution < 1.29 is 0 Å². The second kappa shape index (κ2) is 6.99. The zero-order valence-electron chi connectivity index (χ0n) is 7.79. The summed E-state index contributed by atoms with van der Waals surface area (Å²) in [6.07, 6.45) is 5.82. The molecule has 12 heavy (non-hydrogen) atoms. The van der Waals surface area contributed by atoms with Crippen LogP contribution < -0.4 is 5.32 Å². The van der Waals surface area contributed by atoms with Crippen LogP contribution in [-0.2, 0) is 0 Å². The van der Waals surface area contributed by atoms with Crippen molar-refractivity contribution in [3.05, 3.63) is 0 Å². The summed E-state index contributed by atoms with van der Waals surface area (Å²) >= 11 is 1.47. The molecular weight excluding hydrogens is 170 g/mol. The van der Waals surface area contributed by atoms with Crippen LogP contribution in [0.25, 0.3) is 0 Å². The second-order valence-electron chi connectivity index (χ2n) is 2.35. The number of nitrogens with zero attached hydrogens (tertiary/aromatic N) is 2. The molecule has 0 bridgehead atoms. The average molecular weight is 185 g/mol. The first-order chi connectivity index (χ1) is 5.78. The van der Waals surface area contributed by atoms with Crippen molar-refractivity contribution in [2.24, 2.45) is 4.99 Å². The minimum atomic E-state index is 0.341. The lowest BCUT2D eigenvalue weighted by molar-refractivity contribution is 0.632. The normalized spacial score (nSPS) is 11.4. The number of amidine groups is 1. The number of hydrogen-bond donors (Lipinski definition) is 1. The maximum absolute atomic E-state index is 8.37. The Bertz CT molecular complexity index is 179. The summed E-state index contributed by atoms with van der Waals surface area (Å²) in [7, 11) is 0. The molecule has 0 amide bonds. The van der Waals surface area contributed by atoms with Gasteiger partial charge >= 0.3 is 0 Å². The fraction of sp³-hybridized carbons (Fsp3) is 0.750. The highest BCUT2D eigenvalue weighted by atomic mass is 32.2. The molecule has 0 aliphatic rings. The van der Waals surface area contributed by atoms with Crippen molar-refractivity contribution in [3.8, 4) is 6.19 Å². The van der Waals surface area contributed by atoms with E-state index >= 15 is 0 Å². The van der Waals surface area contributed by atoms with Crippen LogP contribution in [0, 0.1) is 11.5 Å². The summed E-state index contributed by atoms with van der Waals surface area (Å²) < 4.78 is 0. The molecule has 0 aromatic heterocycles. The van der Waals surface area contributed by atoms with E-state index in [0.717, 1.165) is 12.8 Å². The minimum Gasteiger partial charge on any atom is -0.272 e. The Hall–Kier alpha value is -0.690. The van der Waals surface area contributed by atoms with Crippen LogP contribution in [0.4, 0.5) is 0 Å². The van der Waals surface area contributed by atoms with E-state index < -0.39 is 0 Å². The Morgan fingerprint density at radius 3 is 2.50 bits per heavy atom. The van der Waals surface area contributed by atoms with Gasteiger partial charge in [-0.05, 0) is 19.1 Å². The van der Waals surface area contributed by atoms with Crippen LogP contribution in [0.3, 0.4) is 0 Å². The van der Waals surface area contributed by atoms with Gasteiger partial charge in [0.05, 0.1) is 6.04 Å². The number of hydrogen-bond acceptors (Lipinski definition) is 3. The molecule has 3 nitrogen and oxygen atoms in total. The van der Waals surface area contributed by atoms with Gasteiger partial charge in [0.1, 0.15) is 0 Å². The SMILES string of the molecule is CCC(CC)N=C(NC#N)SC. The largest absolute Gasteiger partial charge is 0.272 e. The first-order valence-electron chi connectivity index (χ1n) is 4.05. The molecule has 0 fully saturated rings. The van der Waals surface area contributed by atoms with E-state index in [0.29, 0.717) is 11.2 Å². The smallest absolute Gasteiger partial charge is 0.183 e. The number of nitrogens with one attached hydrogen (secondary N) is 1. The zero-order chi connectivity index (χ0) is 9.40. The van der Waals surface area contributed by atoms with Crippen LogP contribution in [0.1, 0.15) is 26.7 Å². The first kappa shape index (κ1) is 11.3. The third kappa shape index (κ3) is 4.24. The second-order valence-corrected chi connectivity index (χ2v) is 3.14. The van der Waals surface area contributed by atoms with Gasteiger partial charge in [0.25, 0.3) is 0 Å². The maximum Gasteiger partial charge on any atom is 0.183 e. The van der Waals surface area contributed by atoms with E-state index in [-0.39, 0.29) is 0 Å². The summed E-state index contributed by atoms with van der Waals surface area (Å²) in [5, 5.41) is 11.6. The number of thioether (sulfide) groups is 1. The third-order valence-corrected chi connectivity index (χ3v) is 2.19. The molecule has 0 aliphatic carbocycles. The van der Waals surface area contributed by atoms with Gasteiger partial charge < -0.3 is 0 Å². The molecule has 68 valence electrons. The first-order valence-corrected chi connectivity index (χ1v) is 5.27. The Morgan fingerprint density at radius 1 is 1.58 bits per heavy atom. The van der Waals surface area contributed by atoms with E-state index in [9.17, 15) is 0 Å². The molecule has 0 rings (SSSR count). The van der Waals surface area contributed by atoms with Gasteiger partial charge in [-0.15, -0.1) is 0 Å². The maximum atomic E-state index is 8.37. The summed E-state index contributed by atoms with van der Waals surface area (Å²) in [5.74, 6) is 0. The molecule has 0 spiro atoms. The molecule has 1 N–H and O–H groups in total. The van der Waals surface area contributed by atoms with Gasteiger partial charge in [-0.25, -0.2) is 0 Å². The minimum absolute atomic E-state index is 0.341. The quantitative estimate of drug-likeness (QED) is 0.316. The van der Waals surface area contributed by atoms with E-state index in [1.165, 1.54) is 11.8 Å².